The van der Waals surface area contributed by atoms with Gasteiger partial charge >= 0.3 is 0 Å². The van der Waals surface area contributed by atoms with E-state index in [9.17, 15) is 0 Å². The third kappa shape index (κ3) is 3.34. The fourth-order valence-corrected chi connectivity index (χ4v) is 1.34. The predicted octanol–water partition coefficient (Wildman–Crippen LogP) is 2.02. The molecule has 0 saturated carbocycles. The SMILES string of the molecule is CN(C)NCc1cccc(Br)c1. The standard InChI is InChI=1S/C9H13BrN2/c1-12(2)11-7-8-4-3-5-9(10)6-8/h3-6,11H,7H2,1-2H3. The molecule has 0 amide bonds. The summed E-state index contributed by atoms with van der Waals surface area (Å²) in [6.45, 7) is 0.867. The van der Waals surface area contributed by atoms with E-state index in [4.69, 9.17) is 0 Å². The van der Waals surface area contributed by atoms with Gasteiger partial charge in [0.1, 0.15) is 0 Å². The van der Waals surface area contributed by atoms with Crippen LogP contribution < -0.4 is 5.43 Å². The first-order valence-corrected chi connectivity index (χ1v) is 4.63. The number of hydrogen-bond acceptors (Lipinski definition) is 2. The summed E-state index contributed by atoms with van der Waals surface area (Å²) in [4.78, 5) is 0. The number of nitrogens with one attached hydrogen (secondary N) is 1. The van der Waals surface area contributed by atoms with Crippen LogP contribution in [0, 0.1) is 0 Å². The van der Waals surface area contributed by atoms with E-state index < -0.39 is 0 Å². The molecule has 1 aromatic rings. The fourth-order valence-electron chi connectivity index (χ4n) is 0.896. The van der Waals surface area contributed by atoms with Gasteiger partial charge in [0.05, 0.1) is 0 Å². The maximum atomic E-state index is 3.43. The van der Waals surface area contributed by atoms with Gasteiger partial charge < -0.3 is 0 Å². The Hall–Kier alpha value is -0.380. The highest BCUT2D eigenvalue weighted by Crippen LogP contribution is 2.11. The summed E-state index contributed by atoms with van der Waals surface area (Å²) in [7, 11) is 3.97. The molecule has 0 unspecified atom stereocenters. The van der Waals surface area contributed by atoms with E-state index in [1.807, 2.05) is 31.2 Å². The van der Waals surface area contributed by atoms with Crippen molar-refractivity contribution >= 4 is 15.9 Å². The van der Waals surface area contributed by atoms with Crippen LogP contribution in [0.25, 0.3) is 0 Å². The van der Waals surface area contributed by atoms with Gasteiger partial charge in [-0.1, -0.05) is 28.1 Å². The minimum absolute atomic E-state index is 0.867. The third-order valence-corrected chi connectivity index (χ3v) is 1.98. The van der Waals surface area contributed by atoms with Gasteiger partial charge in [0.25, 0.3) is 0 Å². The minimum Gasteiger partial charge on any atom is -0.251 e. The fraction of sp³-hybridized carbons (Fsp3) is 0.333. The average molecular weight is 229 g/mol. The van der Waals surface area contributed by atoms with Gasteiger partial charge in [0.2, 0.25) is 0 Å². The normalized spacial score (nSPS) is 10.7. The van der Waals surface area contributed by atoms with Crippen molar-refractivity contribution < 1.29 is 0 Å². The molecule has 2 nitrogen and oxygen atoms in total. The summed E-state index contributed by atoms with van der Waals surface area (Å²) in [5.41, 5.74) is 4.48. The predicted molar refractivity (Wildman–Crippen MR) is 54.7 cm³/mol. The van der Waals surface area contributed by atoms with Crippen molar-refractivity contribution in [3.8, 4) is 0 Å². The number of nitrogens with zero attached hydrogens (tertiary/aromatic N) is 1. The third-order valence-electron chi connectivity index (χ3n) is 1.49. The van der Waals surface area contributed by atoms with Crippen molar-refractivity contribution in [1.29, 1.82) is 0 Å². The Morgan fingerprint density at radius 3 is 2.75 bits per heavy atom. The Morgan fingerprint density at radius 2 is 2.17 bits per heavy atom. The summed E-state index contributed by atoms with van der Waals surface area (Å²) in [6, 6.07) is 8.27. The summed E-state index contributed by atoms with van der Waals surface area (Å²) in [5.74, 6) is 0. The maximum Gasteiger partial charge on any atom is 0.0353 e. The Balaban J connectivity index is 2.52. The quantitative estimate of drug-likeness (QED) is 0.797. The van der Waals surface area contributed by atoms with Gasteiger partial charge in [-0.3, -0.25) is 10.4 Å². The maximum absolute atomic E-state index is 3.43. The molecule has 0 spiro atoms. The molecule has 66 valence electrons. The highest BCUT2D eigenvalue weighted by molar-refractivity contribution is 9.10. The van der Waals surface area contributed by atoms with Gasteiger partial charge in [-0.15, -0.1) is 0 Å². The van der Waals surface area contributed by atoms with Crippen LogP contribution in [0.3, 0.4) is 0 Å². The molecular weight excluding hydrogens is 216 g/mol. The molecule has 0 aliphatic rings. The zero-order chi connectivity index (χ0) is 8.97. The molecule has 1 N–H and O–H groups in total. The van der Waals surface area contributed by atoms with Crippen molar-refractivity contribution in [2.75, 3.05) is 14.1 Å². The Labute approximate surface area is 81.7 Å². The Bertz CT molecular complexity index is 248. The van der Waals surface area contributed by atoms with E-state index >= 15 is 0 Å². The monoisotopic (exact) mass is 228 g/mol. The van der Waals surface area contributed by atoms with Crippen LogP contribution in [0.1, 0.15) is 5.56 Å². The second-order valence-corrected chi connectivity index (χ2v) is 3.77. The second-order valence-electron chi connectivity index (χ2n) is 2.86. The number of halogens is 1. The van der Waals surface area contributed by atoms with Crippen molar-refractivity contribution in [2.24, 2.45) is 0 Å². The lowest BCUT2D eigenvalue weighted by atomic mass is 10.2. The summed E-state index contributed by atoms with van der Waals surface area (Å²) < 4.78 is 1.13. The zero-order valence-electron chi connectivity index (χ0n) is 7.34. The van der Waals surface area contributed by atoms with Gasteiger partial charge in [0.15, 0.2) is 0 Å². The molecule has 0 aliphatic heterocycles. The van der Waals surface area contributed by atoms with Crippen LogP contribution in [0.4, 0.5) is 0 Å². The van der Waals surface area contributed by atoms with Crippen LogP contribution in [0.15, 0.2) is 28.7 Å². The van der Waals surface area contributed by atoms with Crippen molar-refractivity contribution in [1.82, 2.24) is 10.4 Å². The highest BCUT2D eigenvalue weighted by atomic mass is 79.9. The molecular formula is C9H13BrN2. The van der Waals surface area contributed by atoms with E-state index in [1.165, 1.54) is 5.56 Å². The molecule has 1 rings (SSSR count). The molecule has 12 heavy (non-hydrogen) atoms. The lowest BCUT2D eigenvalue weighted by Gasteiger charge is -2.11. The van der Waals surface area contributed by atoms with Crippen LogP contribution >= 0.6 is 15.9 Å². The van der Waals surface area contributed by atoms with Gasteiger partial charge in [-0.25, -0.2) is 0 Å². The van der Waals surface area contributed by atoms with Gasteiger partial charge in [0, 0.05) is 25.1 Å². The van der Waals surface area contributed by atoms with E-state index in [1.54, 1.807) is 0 Å². The summed E-state index contributed by atoms with van der Waals surface area (Å²) in [6.07, 6.45) is 0. The molecule has 0 heterocycles. The molecule has 0 atom stereocenters. The molecule has 0 radical (unpaired) electrons. The average Bonchev–Trinajstić information content (AvgIpc) is 2.01. The first-order valence-electron chi connectivity index (χ1n) is 3.84. The van der Waals surface area contributed by atoms with Crippen molar-refractivity contribution in [3.63, 3.8) is 0 Å². The van der Waals surface area contributed by atoms with E-state index in [0.29, 0.717) is 0 Å². The van der Waals surface area contributed by atoms with Crippen LogP contribution in [-0.4, -0.2) is 19.1 Å². The number of hydrazine groups is 1. The number of benzene rings is 1. The lowest BCUT2D eigenvalue weighted by molar-refractivity contribution is 0.286. The largest absolute Gasteiger partial charge is 0.251 e. The van der Waals surface area contributed by atoms with E-state index in [2.05, 4.69) is 33.5 Å². The number of hydrogen-bond donors (Lipinski definition) is 1. The first kappa shape index (κ1) is 9.71. The Kier molecular flexibility index (Phi) is 3.72. The topological polar surface area (TPSA) is 15.3 Å². The van der Waals surface area contributed by atoms with Crippen molar-refractivity contribution in [2.45, 2.75) is 6.54 Å². The smallest absolute Gasteiger partial charge is 0.0353 e. The lowest BCUT2D eigenvalue weighted by Crippen LogP contribution is -2.29. The van der Waals surface area contributed by atoms with Crippen LogP contribution in [0.2, 0.25) is 0 Å². The minimum atomic E-state index is 0.867. The molecule has 0 fully saturated rings. The summed E-state index contributed by atoms with van der Waals surface area (Å²) >= 11 is 3.43. The first-order chi connectivity index (χ1) is 5.68. The second kappa shape index (κ2) is 4.60. The van der Waals surface area contributed by atoms with Crippen molar-refractivity contribution in [3.05, 3.63) is 34.3 Å². The Morgan fingerprint density at radius 1 is 1.42 bits per heavy atom. The van der Waals surface area contributed by atoms with Crippen LogP contribution in [-0.2, 0) is 6.54 Å². The molecule has 0 bridgehead atoms. The van der Waals surface area contributed by atoms with Gasteiger partial charge in [-0.2, -0.15) is 0 Å². The highest BCUT2D eigenvalue weighted by Gasteiger charge is 1.93. The van der Waals surface area contributed by atoms with Crippen LogP contribution in [0.5, 0.6) is 0 Å². The van der Waals surface area contributed by atoms with E-state index in [0.717, 1.165) is 11.0 Å². The number of rotatable bonds is 3. The zero-order valence-corrected chi connectivity index (χ0v) is 8.93. The van der Waals surface area contributed by atoms with E-state index in [-0.39, 0.29) is 0 Å². The molecule has 0 saturated heterocycles. The van der Waals surface area contributed by atoms with Gasteiger partial charge in [-0.05, 0) is 17.7 Å². The molecule has 0 aromatic heterocycles. The molecule has 1 aromatic carbocycles. The molecule has 0 aliphatic carbocycles. The molecule has 3 heteroatoms. The summed E-state index contributed by atoms with van der Waals surface area (Å²) in [5, 5.41) is 1.95.